The molecule has 4 rings (SSSR count). The quantitative estimate of drug-likeness (QED) is 0.0931. The van der Waals surface area contributed by atoms with Crippen molar-refractivity contribution < 1.29 is 23.9 Å². The average Bonchev–Trinajstić information content (AvgIpc) is 3.18. The Balaban J connectivity index is 1.63. The first kappa shape index (κ1) is 25.1. The maximum absolute atomic E-state index is 12.4. The summed E-state index contributed by atoms with van der Waals surface area (Å²) < 4.78 is 18.4. The maximum Gasteiger partial charge on any atom is 0.363 e. The van der Waals surface area contributed by atoms with Gasteiger partial charge in [0.1, 0.15) is 6.61 Å². The lowest BCUT2D eigenvalue weighted by Crippen LogP contribution is -2.06. The highest BCUT2D eigenvalue weighted by Gasteiger charge is 2.27. The molecule has 0 saturated heterocycles. The summed E-state index contributed by atoms with van der Waals surface area (Å²) in [4.78, 5) is 27.2. The number of hydrogen-bond acceptors (Lipinski definition) is 7. The second kappa shape index (κ2) is 10.8. The predicted octanol–water partition coefficient (Wildman–Crippen LogP) is 6.55. The third-order valence-electron chi connectivity index (χ3n) is 4.90. The summed E-state index contributed by atoms with van der Waals surface area (Å²) in [6, 6.07) is 15.1. The maximum atomic E-state index is 12.4. The predicted molar refractivity (Wildman–Crippen MR) is 143 cm³/mol. The van der Waals surface area contributed by atoms with E-state index in [1.165, 1.54) is 31.4 Å². The Kier molecular flexibility index (Phi) is 7.72. The number of non-ortho nitro benzene ring substituents is 1. The van der Waals surface area contributed by atoms with Crippen LogP contribution in [0.5, 0.6) is 11.5 Å². The highest BCUT2D eigenvalue weighted by atomic mass is 127. The molecule has 35 heavy (non-hydrogen) atoms. The molecule has 0 aromatic heterocycles. The highest BCUT2D eigenvalue weighted by molar-refractivity contribution is 14.1. The minimum atomic E-state index is -0.711. The van der Waals surface area contributed by atoms with Crippen molar-refractivity contribution in [1.29, 1.82) is 0 Å². The molecule has 1 aliphatic rings. The number of methoxy groups -OCH3 is 1. The van der Waals surface area contributed by atoms with Crippen LogP contribution >= 0.6 is 50.1 Å². The van der Waals surface area contributed by atoms with E-state index in [0.717, 1.165) is 9.13 Å². The van der Waals surface area contributed by atoms with Crippen molar-refractivity contribution in [2.24, 2.45) is 4.99 Å². The zero-order valence-electron chi connectivity index (χ0n) is 18.0. The van der Waals surface area contributed by atoms with Crippen LogP contribution in [0.1, 0.15) is 16.7 Å². The van der Waals surface area contributed by atoms with Gasteiger partial charge >= 0.3 is 5.97 Å². The van der Waals surface area contributed by atoms with Gasteiger partial charge in [0.15, 0.2) is 17.2 Å². The van der Waals surface area contributed by atoms with E-state index in [1.807, 2.05) is 24.3 Å². The van der Waals surface area contributed by atoms with Crippen LogP contribution in [0.3, 0.4) is 0 Å². The molecule has 8 nitrogen and oxygen atoms in total. The number of nitro benzene ring substituents is 1. The summed E-state index contributed by atoms with van der Waals surface area (Å²) in [5, 5.41) is 11.3. The van der Waals surface area contributed by atoms with E-state index >= 15 is 0 Å². The van der Waals surface area contributed by atoms with Crippen LogP contribution in [0.15, 0.2) is 69.8 Å². The fourth-order valence-electron chi connectivity index (χ4n) is 3.20. The van der Waals surface area contributed by atoms with Crippen LogP contribution in [-0.2, 0) is 16.1 Å². The molecule has 1 aliphatic heterocycles. The lowest BCUT2D eigenvalue weighted by atomic mass is 10.1. The average molecular weight is 670 g/mol. The van der Waals surface area contributed by atoms with Crippen molar-refractivity contribution in [3.63, 3.8) is 0 Å². The smallest absolute Gasteiger partial charge is 0.363 e. The Morgan fingerprint density at radius 1 is 1.23 bits per heavy atom. The number of aliphatic imine (C=N–C) groups is 1. The Hall–Kier alpha value is -2.96. The van der Waals surface area contributed by atoms with Gasteiger partial charge in [-0.3, -0.25) is 10.1 Å². The van der Waals surface area contributed by atoms with Gasteiger partial charge in [-0.05, 0) is 74.4 Å². The number of nitrogens with zero attached hydrogens (tertiary/aromatic N) is 2. The van der Waals surface area contributed by atoms with Gasteiger partial charge in [0.25, 0.3) is 5.69 Å². The summed E-state index contributed by atoms with van der Waals surface area (Å²) >= 11 is 11.9. The van der Waals surface area contributed by atoms with Gasteiger partial charge in [-0.25, -0.2) is 9.79 Å². The molecule has 0 spiro atoms. The summed E-state index contributed by atoms with van der Waals surface area (Å²) in [5.41, 5.74) is 1.58. The Bertz CT molecular complexity index is 1410. The monoisotopic (exact) mass is 668 g/mol. The molecular weight excluding hydrogens is 655 g/mol. The van der Waals surface area contributed by atoms with Gasteiger partial charge in [-0.2, -0.15) is 0 Å². The van der Waals surface area contributed by atoms with E-state index < -0.39 is 10.9 Å². The van der Waals surface area contributed by atoms with Crippen LogP contribution in [0.4, 0.5) is 5.69 Å². The molecular formula is C24H15BrClIN2O6. The number of carbonyl (C=O) groups is 1. The standard InChI is InChI=1S/C24H15BrClIN2O6/c1-33-21-10-13(8-17(25)22(21)34-12-14-4-2-3-5-19(14)27)9-20-24(30)35-23(28-20)16-11-15(29(31)32)6-7-18(16)26/h2-11H,12H2,1H3/b20-9-. The van der Waals surface area contributed by atoms with Crippen molar-refractivity contribution in [2.75, 3.05) is 7.11 Å². The molecule has 11 heteroatoms. The lowest BCUT2D eigenvalue weighted by Gasteiger charge is -2.14. The second-order valence-electron chi connectivity index (χ2n) is 7.17. The van der Waals surface area contributed by atoms with Crippen molar-refractivity contribution >= 4 is 73.8 Å². The van der Waals surface area contributed by atoms with Crippen LogP contribution < -0.4 is 9.47 Å². The normalized spacial score (nSPS) is 14.0. The highest BCUT2D eigenvalue weighted by Crippen LogP contribution is 2.38. The van der Waals surface area contributed by atoms with E-state index in [1.54, 1.807) is 12.1 Å². The molecule has 0 aliphatic carbocycles. The summed E-state index contributed by atoms with van der Waals surface area (Å²) in [5.74, 6) is 0.139. The molecule has 0 atom stereocenters. The van der Waals surface area contributed by atoms with Gasteiger partial charge in [0, 0.05) is 21.3 Å². The minimum absolute atomic E-state index is 0.00373. The van der Waals surface area contributed by atoms with Crippen molar-refractivity contribution in [3.8, 4) is 11.5 Å². The van der Waals surface area contributed by atoms with E-state index in [4.69, 9.17) is 25.8 Å². The SMILES string of the molecule is COc1cc(/C=C2\N=C(c3cc([N+](=O)[O-])ccc3Cl)OC2=O)cc(Br)c1OCc1ccccc1I. The van der Waals surface area contributed by atoms with Crippen LogP contribution in [0.25, 0.3) is 6.08 Å². The van der Waals surface area contributed by atoms with Crippen molar-refractivity contribution in [2.45, 2.75) is 6.61 Å². The van der Waals surface area contributed by atoms with E-state index in [-0.39, 0.29) is 27.9 Å². The number of benzene rings is 3. The molecule has 3 aromatic carbocycles. The molecule has 0 saturated carbocycles. The largest absolute Gasteiger partial charge is 0.493 e. The van der Waals surface area contributed by atoms with Gasteiger partial charge in [-0.15, -0.1) is 0 Å². The summed E-state index contributed by atoms with van der Waals surface area (Å²) in [6.45, 7) is 0.346. The second-order valence-corrected chi connectivity index (χ2v) is 9.60. The number of nitro groups is 1. The third-order valence-corrected chi connectivity index (χ3v) is 6.87. The summed E-state index contributed by atoms with van der Waals surface area (Å²) in [6.07, 6.45) is 1.51. The molecule has 1 heterocycles. The fraction of sp³-hybridized carbons (Fsp3) is 0.0833. The number of carbonyl (C=O) groups excluding carboxylic acids is 1. The number of halogens is 3. The van der Waals surface area contributed by atoms with Gasteiger partial charge in [0.2, 0.25) is 5.90 Å². The van der Waals surface area contributed by atoms with Crippen LogP contribution in [0, 0.1) is 13.7 Å². The van der Waals surface area contributed by atoms with Crippen LogP contribution in [0.2, 0.25) is 5.02 Å². The minimum Gasteiger partial charge on any atom is -0.493 e. The van der Waals surface area contributed by atoms with E-state index in [2.05, 4.69) is 43.5 Å². The number of ether oxygens (including phenoxy) is 3. The summed E-state index contributed by atoms with van der Waals surface area (Å²) in [7, 11) is 1.52. The molecule has 0 amide bonds. The topological polar surface area (TPSA) is 100 Å². The Labute approximate surface area is 227 Å². The fourth-order valence-corrected chi connectivity index (χ4v) is 4.52. The Morgan fingerprint density at radius 3 is 2.71 bits per heavy atom. The molecule has 0 bridgehead atoms. The third kappa shape index (κ3) is 5.65. The first-order valence-electron chi connectivity index (χ1n) is 9.97. The molecule has 0 fully saturated rings. The first-order chi connectivity index (χ1) is 16.8. The first-order valence-corrected chi connectivity index (χ1v) is 12.2. The van der Waals surface area contributed by atoms with Gasteiger partial charge in [-0.1, -0.05) is 29.8 Å². The van der Waals surface area contributed by atoms with Crippen molar-refractivity contribution in [1.82, 2.24) is 0 Å². The van der Waals surface area contributed by atoms with E-state index in [9.17, 15) is 14.9 Å². The van der Waals surface area contributed by atoms with Crippen LogP contribution in [-0.4, -0.2) is 23.9 Å². The molecule has 3 aromatic rings. The van der Waals surface area contributed by atoms with Gasteiger partial charge in [0.05, 0.1) is 27.1 Å². The molecule has 0 N–H and O–H groups in total. The molecule has 178 valence electrons. The molecule has 0 unspecified atom stereocenters. The number of hydrogen-bond donors (Lipinski definition) is 0. The zero-order chi connectivity index (χ0) is 25.1. The zero-order valence-corrected chi connectivity index (χ0v) is 22.5. The number of esters is 1. The van der Waals surface area contributed by atoms with Crippen molar-refractivity contribution in [3.05, 3.63) is 100 Å². The van der Waals surface area contributed by atoms with Gasteiger partial charge < -0.3 is 14.2 Å². The van der Waals surface area contributed by atoms with E-state index in [0.29, 0.717) is 28.1 Å². The number of cyclic esters (lactones) is 1. The number of rotatable bonds is 7. The molecule has 0 radical (unpaired) electrons. The lowest BCUT2D eigenvalue weighted by molar-refractivity contribution is -0.384. The Morgan fingerprint density at radius 2 is 2.00 bits per heavy atom.